The van der Waals surface area contributed by atoms with Crippen molar-refractivity contribution in [1.82, 2.24) is 4.57 Å². The number of hydrogen-bond donors (Lipinski definition) is 1. The first-order valence-electron chi connectivity index (χ1n) is 5.48. The minimum atomic E-state index is 0.0890. The zero-order valence-corrected chi connectivity index (χ0v) is 9.19. The first kappa shape index (κ1) is 10.8. The van der Waals surface area contributed by atoms with Crippen molar-refractivity contribution in [2.24, 2.45) is 0 Å². The topological polar surface area (TPSA) is 25.2 Å². The quantitative estimate of drug-likeness (QED) is 0.612. The van der Waals surface area contributed by atoms with Gasteiger partial charge in [0.15, 0.2) is 0 Å². The lowest BCUT2D eigenvalue weighted by atomic mass is 10.1. The zero-order chi connectivity index (χ0) is 11.4. The molecule has 0 atom stereocenters. The summed E-state index contributed by atoms with van der Waals surface area (Å²) in [6.07, 6.45) is 9.08. The van der Waals surface area contributed by atoms with Gasteiger partial charge in [0, 0.05) is 30.1 Å². The van der Waals surface area contributed by atoms with Crippen molar-refractivity contribution in [3.63, 3.8) is 0 Å². The lowest BCUT2D eigenvalue weighted by Gasteiger charge is -2.04. The number of terminal acetylenes is 1. The van der Waals surface area contributed by atoms with Crippen LogP contribution in [0, 0.1) is 12.3 Å². The summed E-state index contributed by atoms with van der Waals surface area (Å²) in [7, 11) is 0. The maximum absolute atomic E-state index is 9.22. The van der Waals surface area contributed by atoms with Gasteiger partial charge in [0.2, 0.25) is 0 Å². The van der Waals surface area contributed by atoms with Crippen molar-refractivity contribution >= 4 is 10.9 Å². The second-order valence-electron chi connectivity index (χ2n) is 3.82. The maximum Gasteiger partial charge on any atom is 0.0688 e. The molecule has 1 N–H and O–H groups in total. The van der Waals surface area contributed by atoms with Crippen LogP contribution in [-0.4, -0.2) is 9.67 Å². The Labute approximate surface area is 95.5 Å². The second kappa shape index (κ2) is 4.87. The van der Waals surface area contributed by atoms with E-state index < -0.39 is 0 Å². The predicted molar refractivity (Wildman–Crippen MR) is 65.9 cm³/mol. The molecule has 0 aliphatic heterocycles. The van der Waals surface area contributed by atoms with Crippen LogP contribution in [0.2, 0.25) is 0 Å². The molecular formula is C14H15NO. The molecule has 2 aromatic rings. The third kappa shape index (κ3) is 1.95. The molecule has 0 bridgehead atoms. The fourth-order valence-corrected chi connectivity index (χ4v) is 1.97. The summed E-state index contributed by atoms with van der Waals surface area (Å²) in [5.74, 6) is 2.65. The van der Waals surface area contributed by atoms with E-state index in [4.69, 9.17) is 6.42 Å². The lowest BCUT2D eigenvalue weighted by molar-refractivity contribution is 0.283. The normalized spacial score (nSPS) is 10.5. The number of hydrogen-bond acceptors (Lipinski definition) is 1. The summed E-state index contributed by atoms with van der Waals surface area (Å²) < 4.78 is 2.19. The Morgan fingerprint density at radius 2 is 2.19 bits per heavy atom. The summed E-state index contributed by atoms with van der Waals surface area (Å²) in [6.45, 7) is 1.02. The molecule has 1 aromatic carbocycles. The van der Waals surface area contributed by atoms with Crippen LogP contribution in [-0.2, 0) is 13.2 Å². The molecule has 0 fully saturated rings. The molecule has 82 valence electrons. The summed E-state index contributed by atoms with van der Waals surface area (Å²) in [6, 6.07) is 8.06. The Morgan fingerprint density at radius 1 is 1.31 bits per heavy atom. The van der Waals surface area contributed by atoms with Crippen LogP contribution in [0.4, 0.5) is 0 Å². The number of rotatable bonds is 4. The molecule has 0 spiro atoms. The van der Waals surface area contributed by atoms with Crippen molar-refractivity contribution in [3.05, 3.63) is 36.0 Å². The summed E-state index contributed by atoms with van der Waals surface area (Å²) in [4.78, 5) is 0. The molecular weight excluding hydrogens is 198 g/mol. The molecule has 0 amide bonds. The highest BCUT2D eigenvalue weighted by atomic mass is 16.3. The van der Waals surface area contributed by atoms with Gasteiger partial charge in [-0.15, -0.1) is 12.3 Å². The number of aliphatic hydroxyl groups is 1. The first-order chi connectivity index (χ1) is 7.86. The Kier molecular flexibility index (Phi) is 3.28. The van der Waals surface area contributed by atoms with Gasteiger partial charge in [0.1, 0.15) is 0 Å². The molecule has 2 heteroatoms. The van der Waals surface area contributed by atoms with E-state index in [9.17, 15) is 5.11 Å². The molecule has 1 aromatic heterocycles. The molecule has 0 saturated heterocycles. The Hall–Kier alpha value is -1.72. The molecule has 0 aliphatic rings. The van der Waals surface area contributed by atoms with E-state index >= 15 is 0 Å². The lowest BCUT2D eigenvalue weighted by Crippen LogP contribution is -1.95. The summed E-state index contributed by atoms with van der Waals surface area (Å²) in [5.41, 5.74) is 2.15. The number of aryl methyl sites for hydroxylation is 1. The van der Waals surface area contributed by atoms with Crippen LogP contribution < -0.4 is 0 Å². The zero-order valence-electron chi connectivity index (χ0n) is 9.19. The van der Waals surface area contributed by atoms with Crippen molar-refractivity contribution in [1.29, 1.82) is 0 Å². The maximum atomic E-state index is 9.22. The molecule has 0 saturated carbocycles. The van der Waals surface area contributed by atoms with Gasteiger partial charge >= 0.3 is 0 Å². The number of unbranched alkanes of at least 4 members (excludes halogenated alkanes) is 1. The Bertz CT molecular complexity index is 519. The van der Waals surface area contributed by atoms with Gasteiger partial charge in [-0.3, -0.25) is 0 Å². The van der Waals surface area contributed by atoms with Crippen LogP contribution >= 0.6 is 0 Å². The number of nitrogens with zero attached hydrogens (tertiary/aromatic N) is 1. The van der Waals surface area contributed by atoms with E-state index in [1.807, 2.05) is 12.1 Å². The van der Waals surface area contributed by atoms with E-state index in [1.165, 1.54) is 5.52 Å². The minimum Gasteiger partial charge on any atom is -0.392 e. The standard InChI is InChI=1S/C14H15NO/c1-2-3-4-9-15-10-8-13-12(11-16)6-5-7-14(13)15/h1,5-8,10,16H,3-4,9,11H2. The van der Waals surface area contributed by atoms with Crippen molar-refractivity contribution < 1.29 is 5.11 Å². The number of aliphatic hydroxyl groups excluding tert-OH is 1. The van der Waals surface area contributed by atoms with Crippen LogP contribution in [0.25, 0.3) is 10.9 Å². The van der Waals surface area contributed by atoms with Crippen LogP contribution in [0.1, 0.15) is 18.4 Å². The van der Waals surface area contributed by atoms with E-state index in [1.54, 1.807) is 0 Å². The van der Waals surface area contributed by atoms with Crippen LogP contribution in [0.15, 0.2) is 30.5 Å². The Balaban J connectivity index is 2.31. The fourth-order valence-electron chi connectivity index (χ4n) is 1.97. The van der Waals surface area contributed by atoms with Crippen LogP contribution in [0.5, 0.6) is 0 Å². The molecule has 1 heterocycles. The third-order valence-corrected chi connectivity index (χ3v) is 2.79. The van der Waals surface area contributed by atoms with E-state index in [0.29, 0.717) is 0 Å². The van der Waals surface area contributed by atoms with Gasteiger partial charge in [-0.25, -0.2) is 0 Å². The average molecular weight is 213 g/mol. The molecule has 2 nitrogen and oxygen atoms in total. The Morgan fingerprint density at radius 3 is 2.94 bits per heavy atom. The van der Waals surface area contributed by atoms with Gasteiger partial charge in [-0.1, -0.05) is 12.1 Å². The van der Waals surface area contributed by atoms with E-state index in [2.05, 4.69) is 28.8 Å². The fraction of sp³-hybridized carbons (Fsp3) is 0.286. The van der Waals surface area contributed by atoms with Crippen molar-refractivity contribution in [3.8, 4) is 12.3 Å². The highest BCUT2D eigenvalue weighted by Gasteiger charge is 2.03. The van der Waals surface area contributed by atoms with Crippen LogP contribution in [0.3, 0.4) is 0 Å². The van der Waals surface area contributed by atoms with Gasteiger partial charge in [-0.05, 0) is 24.1 Å². The molecule has 0 unspecified atom stereocenters. The highest BCUT2D eigenvalue weighted by Crippen LogP contribution is 2.20. The van der Waals surface area contributed by atoms with Crippen molar-refractivity contribution in [2.45, 2.75) is 26.0 Å². The molecule has 2 rings (SSSR count). The smallest absolute Gasteiger partial charge is 0.0688 e. The predicted octanol–water partition coefficient (Wildman–Crippen LogP) is 2.55. The molecule has 0 radical (unpaired) electrons. The van der Waals surface area contributed by atoms with Gasteiger partial charge in [0.25, 0.3) is 0 Å². The van der Waals surface area contributed by atoms with Gasteiger partial charge in [-0.2, -0.15) is 0 Å². The number of benzene rings is 1. The summed E-state index contributed by atoms with van der Waals surface area (Å²) in [5, 5.41) is 10.4. The first-order valence-corrected chi connectivity index (χ1v) is 5.48. The second-order valence-corrected chi connectivity index (χ2v) is 3.82. The number of aromatic nitrogens is 1. The van der Waals surface area contributed by atoms with Gasteiger partial charge < -0.3 is 9.67 Å². The molecule has 16 heavy (non-hydrogen) atoms. The van der Waals surface area contributed by atoms with E-state index in [0.717, 1.165) is 30.3 Å². The monoisotopic (exact) mass is 213 g/mol. The van der Waals surface area contributed by atoms with E-state index in [-0.39, 0.29) is 6.61 Å². The third-order valence-electron chi connectivity index (χ3n) is 2.79. The average Bonchev–Trinajstić information content (AvgIpc) is 2.73. The summed E-state index contributed by atoms with van der Waals surface area (Å²) >= 11 is 0. The SMILES string of the molecule is C#CCCCn1ccc2c(CO)cccc21. The number of fused-ring (bicyclic) bond motifs is 1. The highest BCUT2D eigenvalue weighted by molar-refractivity contribution is 5.83. The van der Waals surface area contributed by atoms with Gasteiger partial charge in [0.05, 0.1) is 6.61 Å². The minimum absolute atomic E-state index is 0.0890. The largest absolute Gasteiger partial charge is 0.392 e. The molecule has 0 aliphatic carbocycles. The van der Waals surface area contributed by atoms with Crippen molar-refractivity contribution in [2.75, 3.05) is 0 Å².